The van der Waals surface area contributed by atoms with Crippen LogP contribution in [0.3, 0.4) is 0 Å². The summed E-state index contributed by atoms with van der Waals surface area (Å²) in [4.78, 5) is 18.8. The van der Waals surface area contributed by atoms with Crippen molar-refractivity contribution in [1.29, 1.82) is 0 Å². The van der Waals surface area contributed by atoms with Crippen molar-refractivity contribution in [3.63, 3.8) is 0 Å². The molecule has 1 saturated heterocycles. The van der Waals surface area contributed by atoms with E-state index >= 15 is 0 Å². The van der Waals surface area contributed by atoms with Gasteiger partial charge < -0.3 is 19.2 Å². The Bertz CT molecular complexity index is 650. The molecule has 0 saturated carbocycles. The highest BCUT2D eigenvalue weighted by Crippen LogP contribution is 2.15. The molecule has 1 fully saturated rings. The first kappa shape index (κ1) is 16.8. The number of amides is 1. The number of hydrogen-bond donors (Lipinski definition) is 1. The molecule has 0 spiro atoms. The van der Waals surface area contributed by atoms with Gasteiger partial charge in [0.1, 0.15) is 5.76 Å². The lowest BCUT2D eigenvalue weighted by molar-refractivity contribution is 0.0890. The molecule has 24 heavy (non-hydrogen) atoms. The molecule has 1 amide bonds. The molecule has 0 aliphatic carbocycles. The van der Waals surface area contributed by atoms with Crippen molar-refractivity contribution in [1.82, 2.24) is 19.8 Å². The van der Waals surface area contributed by atoms with Gasteiger partial charge in [-0.15, -0.1) is 0 Å². The number of carbonyl (C=O) groups excluding carboxylic acids is 1. The number of carbonyl (C=O) groups is 1. The van der Waals surface area contributed by atoms with Crippen LogP contribution in [-0.4, -0.2) is 46.0 Å². The summed E-state index contributed by atoms with van der Waals surface area (Å²) in [6, 6.07) is 3.67. The van der Waals surface area contributed by atoms with E-state index in [1.54, 1.807) is 18.6 Å². The molecule has 1 N–H and O–H groups in total. The maximum Gasteiger partial charge on any atom is 0.287 e. The van der Waals surface area contributed by atoms with Crippen LogP contribution in [0.4, 0.5) is 0 Å². The zero-order valence-electron chi connectivity index (χ0n) is 14.4. The highest BCUT2D eigenvalue weighted by Gasteiger charge is 2.20. The van der Waals surface area contributed by atoms with Gasteiger partial charge in [-0.1, -0.05) is 6.92 Å². The topological polar surface area (TPSA) is 63.3 Å². The lowest BCUT2D eigenvalue weighted by Gasteiger charge is -2.32. The Morgan fingerprint density at radius 3 is 3.12 bits per heavy atom. The number of likely N-dealkylation sites (tertiary alicyclic amines) is 1. The van der Waals surface area contributed by atoms with Gasteiger partial charge >= 0.3 is 0 Å². The molecule has 2 atom stereocenters. The van der Waals surface area contributed by atoms with E-state index in [-0.39, 0.29) is 11.9 Å². The fraction of sp³-hybridized carbons (Fsp3) is 0.556. The summed E-state index contributed by atoms with van der Waals surface area (Å²) in [5, 5.41) is 3.04. The lowest BCUT2D eigenvalue weighted by Crippen LogP contribution is -2.45. The molecule has 3 rings (SSSR count). The fourth-order valence-corrected chi connectivity index (χ4v) is 3.33. The standard InChI is InChI=1S/C18H26N4O2/c1-14-4-3-8-21(10-14)11-15(2)20-18(23)17-6-5-16(24-17)12-22-9-7-19-13-22/h5-7,9,13-15H,3-4,8,10-12H2,1-2H3,(H,20,23)/t14-,15-/m1/s1. The van der Waals surface area contributed by atoms with Gasteiger partial charge in [0.15, 0.2) is 5.76 Å². The van der Waals surface area contributed by atoms with Crippen LogP contribution in [0.25, 0.3) is 0 Å². The average Bonchev–Trinajstić information content (AvgIpc) is 3.19. The normalized spacial score (nSPS) is 20.0. The summed E-state index contributed by atoms with van der Waals surface area (Å²) < 4.78 is 7.56. The van der Waals surface area contributed by atoms with Crippen LogP contribution in [0, 0.1) is 5.92 Å². The molecule has 3 heterocycles. The molecule has 6 nitrogen and oxygen atoms in total. The van der Waals surface area contributed by atoms with Crippen LogP contribution in [-0.2, 0) is 6.54 Å². The number of nitrogens with one attached hydrogen (secondary N) is 1. The molecule has 0 aromatic carbocycles. The van der Waals surface area contributed by atoms with Gasteiger partial charge in [-0.2, -0.15) is 0 Å². The van der Waals surface area contributed by atoms with Crippen molar-refractivity contribution in [3.05, 3.63) is 42.4 Å². The van der Waals surface area contributed by atoms with E-state index in [0.717, 1.165) is 31.3 Å². The molecule has 0 bridgehead atoms. The van der Waals surface area contributed by atoms with E-state index in [1.165, 1.54) is 12.8 Å². The van der Waals surface area contributed by atoms with Gasteiger partial charge in [-0.25, -0.2) is 4.98 Å². The number of imidazole rings is 1. The van der Waals surface area contributed by atoms with Crippen LogP contribution in [0.1, 0.15) is 43.0 Å². The fourth-order valence-electron chi connectivity index (χ4n) is 3.33. The SMILES string of the molecule is C[C@@H]1CCCN(C[C@@H](C)NC(=O)c2ccc(Cn3ccnc3)o2)C1. The third-order valence-corrected chi connectivity index (χ3v) is 4.43. The molecule has 1 aliphatic heterocycles. The minimum Gasteiger partial charge on any atom is -0.454 e. The van der Waals surface area contributed by atoms with Gasteiger partial charge in [0.25, 0.3) is 5.91 Å². The van der Waals surface area contributed by atoms with Crippen molar-refractivity contribution in [2.24, 2.45) is 5.92 Å². The smallest absolute Gasteiger partial charge is 0.287 e. The maximum absolute atomic E-state index is 12.3. The van der Waals surface area contributed by atoms with Gasteiger partial charge in [0.2, 0.25) is 0 Å². The quantitative estimate of drug-likeness (QED) is 0.883. The molecule has 6 heteroatoms. The second-order valence-corrected chi connectivity index (χ2v) is 6.88. The van der Waals surface area contributed by atoms with Crippen LogP contribution >= 0.6 is 0 Å². The highest BCUT2D eigenvalue weighted by atomic mass is 16.4. The van der Waals surface area contributed by atoms with E-state index in [2.05, 4.69) is 22.1 Å². The average molecular weight is 330 g/mol. The second kappa shape index (κ2) is 7.66. The lowest BCUT2D eigenvalue weighted by atomic mass is 10.00. The predicted octanol–water partition coefficient (Wildman–Crippen LogP) is 2.37. The van der Waals surface area contributed by atoms with Crippen LogP contribution < -0.4 is 5.32 Å². The first-order valence-electron chi connectivity index (χ1n) is 8.68. The Balaban J connectivity index is 1.50. The number of piperidine rings is 1. The predicted molar refractivity (Wildman–Crippen MR) is 91.8 cm³/mol. The largest absolute Gasteiger partial charge is 0.454 e. The van der Waals surface area contributed by atoms with Gasteiger partial charge in [0.05, 0.1) is 12.9 Å². The summed E-state index contributed by atoms with van der Waals surface area (Å²) >= 11 is 0. The number of nitrogens with zero attached hydrogens (tertiary/aromatic N) is 3. The summed E-state index contributed by atoms with van der Waals surface area (Å²) in [5.41, 5.74) is 0. The van der Waals surface area contributed by atoms with Gasteiger partial charge in [-0.05, 0) is 44.4 Å². The molecule has 0 radical (unpaired) electrons. The van der Waals surface area contributed by atoms with E-state index in [4.69, 9.17) is 4.42 Å². The maximum atomic E-state index is 12.3. The van der Waals surface area contributed by atoms with Gasteiger partial charge in [-0.3, -0.25) is 4.79 Å². The van der Waals surface area contributed by atoms with E-state index in [9.17, 15) is 4.79 Å². The molecule has 0 unspecified atom stereocenters. The Morgan fingerprint density at radius 1 is 1.50 bits per heavy atom. The van der Waals surface area contributed by atoms with Crippen LogP contribution in [0.2, 0.25) is 0 Å². The summed E-state index contributed by atoms with van der Waals surface area (Å²) in [6.07, 6.45) is 7.87. The van der Waals surface area contributed by atoms with Crippen molar-refractivity contribution < 1.29 is 9.21 Å². The summed E-state index contributed by atoms with van der Waals surface area (Å²) in [6.45, 7) is 8.05. The second-order valence-electron chi connectivity index (χ2n) is 6.88. The number of aromatic nitrogens is 2. The van der Waals surface area contributed by atoms with Crippen molar-refractivity contribution >= 4 is 5.91 Å². The number of rotatable bonds is 6. The Labute approximate surface area is 142 Å². The Morgan fingerprint density at radius 2 is 2.38 bits per heavy atom. The van der Waals surface area contributed by atoms with Crippen LogP contribution in [0.5, 0.6) is 0 Å². The molecule has 2 aromatic rings. The summed E-state index contributed by atoms with van der Waals surface area (Å²) in [5.74, 6) is 1.71. The van der Waals surface area contributed by atoms with E-state index in [0.29, 0.717) is 12.3 Å². The van der Waals surface area contributed by atoms with Crippen LogP contribution in [0.15, 0.2) is 35.3 Å². The Hall–Kier alpha value is -2.08. The number of hydrogen-bond acceptors (Lipinski definition) is 4. The summed E-state index contributed by atoms with van der Waals surface area (Å²) in [7, 11) is 0. The number of furan rings is 1. The monoisotopic (exact) mass is 330 g/mol. The van der Waals surface area contributed by atoms with E-state index in [1.807, 2.05) is 23.8 Å². The van der Waals surface area contributed by atoms with Crippen molar-refractivity contribution in [3.8, 4) is 0 Å². The van der Waals surface area contributed by atoms with Gasteiger partial charge in [0, 0.05) is 31.5 Å². The molecule has 2 aromatic heterocycles. The first-order valence-corrected chi connectivity index (χ1v) is 8.68. The molecule has 130 valence electrons. The Kier molecular flexibility index (Phi) is 5.35. The molecule has 1 aliphatic rings. The first-order chi connectivity index (χ1) is 11.6. The van der Waals surface area contributed by atoms with E-state index < -0.39 is 0 Å². The zero-order valence-corrected chi connectivity index (χ0v) is 14.4. The minimum atomic E-state index is -0.149. The highest BCUT2D eigenvalue weighted by molar-refractivity contribution is 5.91. The minimum absolute atomic E-state index is 0.102. The van der Waals surface area contributed by atoms with Crippen molar-refractivity contribution in [2.75, 3.05) is 19.6 Å². The third-order valence-electron chi connectivity index (χ3n) is 4.43. The third kappa shape index (κ3) is 4.47. The zero-order chi connectivity index (χ0) is 16.9. The van der Waals surface area contributed by atoms with Crippen molar-refractivity contribution in [2.45, 2.75) is 39.3 Å². The molecular weight excluding hydrogens is 304 g/mol. The molecular formula is C18H26N4O2.